The molecule has 4 aromatic rings. The van der Waals surface area contributed by atoms with Crippen LogP contribution in [0.15, 0.2) is 94.8 Å². The summed E-state index contributed by atoms with van der Waals surface area (Å²) in [4.78, 5) is 10.3. The van der Waals surface area contributed by atoms with Crippen LogP contribution in [0.2, 0.25) is 5.02 Å². The Kier molecular flexibility index (Phi) is 7.96. The summed E-state index contributed by atoms with van der Waals surface area (Å²) in [6.45, 7) is 6.07. The SMILES string of the molecule is COc1cc(CN2CCN(C3=Nc4ccccc4Oc4ccc(Cl)cc43)CC2)ccc1OS(=O)c1ccc(C)cc1. The Labute approximate surface area is 247 Å². The molecule has 2 heterocycles. The lowest BCUT2D eigenvalue weighted by molar-refractivity contribution is 0.175. The molecular weight excluding hydrogens is 558 g/mol. The number of rotatable bonds is 6. The molecule has 4 aromatic carbocycles. The molecule has 0 saturated carbocycles. The number of aliphatic imine (C=N–C) groups is 1. The van der Waals surface area contributed by atoms with Crippen molar-refractivity contribution in [3.8, 4) is 23.0 Å². The zero-order valence-electron chi connectivity index (χ0n) is 22.9. The van der Waals surface area contributed by atoms with Crippen molar-refractivity contribution in [2.45, 2.75) is 18.4 Å². The number of hydrogen-bond acceptors (Lipinski definition) is 7. The van der Waals surface area contributed by atoms with E-state index < -0.39 is 11.1 Å². The summed E-state index contributed by atoms with van der Waals surface area (Å²) in [6, 6.07) is 26.7. The van der Waals surface area contributed by atoms with Crippen LogP contribution < -0.4 is 13.7 Å². The average molecular weight is 588 g/mol. The van der Waals surface area contributed by atoms with Gasteiger partial charge in [0.15, 0.2) is 17.2 Å². The third-order valence-corrected chi connectivity index (χ3v) is 8.40. The molecule has 0 N–H and O–H groups in total. The first-order valence-electron chi connectivity index (χ1n) is 13.4. The number of halogens is 1. The summed E-state index contributed by atoms with van der Waals surface area (Å²) in [6.07, 6.45) is 0. The van der Waals surface area contributed by atoms with E-state index in [0.717, 1.165) is 72.4 Å². The summed E-state index contributed by atoms with van der Waals surface area (Å²) in [7, 11) is 1.60. The van der Waals surface area contributed by atoms with Gasteiger partial charge in [-0.15, -0.1) is 0 Å². The van der Waals surface area contributed by atoms with Crippen molar-refractivity contribution >= 4 is 34.2 Å². The van der Waals surface area contributed by atoms with Gasteiger partial charge in [0, 0.05) is 37.7 Å². The third-order valence-electron chi connectivity index (χ3n) is 7.18. The highest BCUT2D eigenvalue weighted by molar-refractivity contribution is 7.80. The quantitative estimate of drug-likeness (QED) is 0.248. The lowest BCUT2D eigenvalue weighted by Crippen LogP contribution is -2.48. The number of aryl methyl sites for hydroxylation is 1. The van der Waals surface area contributed by atoms with Crippen LogP contribution in [0.5, 0.6) is 23.0 Å². The maximum atomic E-state index is 12.7. The van der Waals surface area contributed by atoms with Gasteiger partial charge in [0.25, 0.3) is 0 Å². The maximum Gasteiger partial charge on any atom is 0.240 e. The minimum Gasteiger partial charge on any atom is -0.493 e. The molecule has 2 aliphatic heterocycles. The van der Waals surface area contributed by atoms with E-state index in [4.69, 9.17) is 30.3 Å². The molecule has 1 atom stereocenters. The summed E-state index contributed by atoms with van der Waals surface area (Å²) in [5.74, 6) is 3.36. The predicted octanol–water partition coefficient (Wildman–Crippen LogP) is 6.76. The first kappa shape index (κ1) is 27.3. The van der Waals surface area contributed by atoms with Crippen molar-refractivity contribution in [1.29, 1.82) is 0 Å². The smallest absolute Gasteiger partial charge is 0.240 e. The number of fused-ring (bicyclic) bond motifs is 2. The van der Waals surface area contributed by atoms with Gasteiger partial charge in [0.05, 0.1) is 17.6 Å². The van der Waals surface area contributed by atoms with Crippen LogP contribution >= 0.6 is 11.6 Å². The fourth-order valence-corrected chi connectivity index (χ4v) is 5.90. The van der Waals surface area contributed by atoms with Gasteiger partial charge in [-0.25, -0.2) is 9.20 Å². The second kappa shape index (κ2) is 11.9. The van der Waals surface area contributed by atoms with Gasteiger partial charge in [-0.1, -0.05) is 47.5 Å². The molecule has 1 fully saturated rings. The van der Waals surface area contributed by atoms with E-state index in [9.17, 15) is 4.21 Å². The zero-order valence-corrected chi connectivity index (χ0v) is 24.5. The molecule has 2 aliphatic rings. The Morgan fingerprint density at radius 2 is 1.68 bits per heavy atom. The Bertz CT molecular complexity index is 1620. The van der Waals surface area contributed by atoms with Gasteiger partial charge in [0.2, 0.25) is 11.1 Å². The van der Waals surface area contributed by atoms with Crippen LogP contribution in [0.1, 0.15) is 16.7 Å². The van der Waals surface area contributed by atoms with Gasteiger partial charge in [0.1, 0.15) is 17.3 Å². The van der Waals surface area contributed by atoms with Crippen molar-refractivity contribution < 1.29 is 17.9 Å². The summed E-state index contributed by atoms with van der Waals surface area (Å²) < 4.78 is 30.3. The van der Waals surface area contributed by atoms with Gasteiger partial charge >= 0.3 is 0 Å². The number of nitrogens with zero attached hydrogens (tertiary/aromatic N) is 3. The van der Waals surface area contributed by atoms with Crippen LogP contribution in [-0.4, -0.2) is 53.1 Å². The highest BCUT2D eigenvalue weighted by atomic mass is 35.5. The number of para-hydroxylation sites is 2. The van der Waals surface area contributed by atoms with E-state index in [1.165, 1.54) is 0 Å². The fraction of sp³-hybridized carbons (Fsp3) is 0.219. The summed E-state index contributed by atoms with van der Waals surface area (Å²) in [5, 5.41) is 0.647. The van der Waals surface area contributed by atoms with E-state index in [1.807, 2.05) is 91.9 Å². The lowest BCUT2D eigenvalue weighted by Gasteiger charge is -2.36. The van der Waals surface area contributed by atoms with Crippen LogP contribution in [-0.2, 0) is 17.6 Å². The van der Waals surface area contributed by atoms with Crippen molar-refractivity contribution in [2.75, 3.05) is 33.3 Å². The van der Waals surface area contributed by atoms with Crippen LogP contribution in [0.4, 0.5) is 5.69 Å². The largest absolute Gasteiger partial charge is 0.493 e. The molecule has 9 heteroatoms. The highest BCUT2D eigenvalue weighted by Gasteiger charge is 2.26. The zero-order chi connectivity index (χ0) is 28.3. The molecular formula is C32H30ClN3O4S. The number of ether oxygens (including phenoxy) is 2. The number of piperazine rings is 1. The third kappa shape index (κ3) is 6.10. The molecule has 0 amide bonds. The number of methoxy groups -OCH3 is 1. The topological polar surface area (TPSA) is 63.6 Å². The first-order valence-corrected chi connectivity index (χ1v) is 14.9. The van der Waals surface area contributed by atoms with Crippen LogP contribution in [0, 0.1) is 6.92 Å². The summed E-state index contributed by atoms with van der Waals surface area (Å²) >= 11 is 4.76. The van der Waals surface area contributed by atoms with Crippen molar-refractivity contribution in [3.63, 3.8) is 0 Å². The van der Waals surface area contributed by atoms with E-state index in [-0.39, 0.29) is 0 Å². The maximum absolute atomic E-state index is 12.7. The number of amidine groups is 1. The van der Waals surface area contributed by atoms with Gasteiger partial charge in [-0.2, -0.15) is 0 Å². The minimum atomic E-state index is -1.63. The molecule has 0 aromatic heterocycles. The Morgan fingerprint density at radius 3 is 2.46 bits per heavy atom. The second-order valence-electron chi connectivity index (χ2n) is 10.0. The predicted molar refractivity (Wildman–Crippen MR) is 162 cm³/mol. The van der Waals surface area contributed by atoms with Crippen LogP contribution in [0.25, 0.3) is 0 Å². The lowest BCUT2D eigenvalue weighted by atomic mass is 10.1. The Morgan fingerprint density at radius 1 is 0.902 bits per heavy atom. The van der Waals surface area contributed by atoms with Gasteiger partial charge < -0.3 is 18.6 Å². The second-order valence-corrected chi connectivity index (χ2v) is 11.6. The minimum absolute atomic E-state index is 0.450. The van der Waals surface area contributed by atoms with E-state index in [2.05, 4.69) is 9.80 Å². The molecule has 210 valence electrons. The van der Waals surface area contributed by atoms with Gasteiger partial charge in [-0.05, 0) is 67.1 Å². The van der Waals surface area contributed by atoms with Crippen molar-refractivity contribution in [1.82, 2.24) is 9.80 Å². The molecule has 6 rings (SSSR count). The molecule has 0 spiro atoms. The molecule has 0 bridgehead atoms. The Hall–Kier alpha value is -3.85. The van der Waals surface area contributed by atoms with E-state index in [0.29, 0.717) is 21.4 Å². The standard InChI is InChI=1S/C32H30ClN3O4S/c1-22-7-11-25(12-8-22)41(37)40-30-13-9-23(19-31(30)38-2)21-35-15-17-36(18-16-35)32-26-20-24(33)10-14-28(26)39-29-6-4-3-5-27(29)34-32/h3-14,19-20H,15-18,21H2,1-2H3. The van der Waals surface area contributed by atoms with Crippen molar-refractivity contribution in [3.05, 3.63) is 107 Å². The molecule has 41 heavy (non-hydrogen) atoms. The van der Waals surface area contributed by atoms with Crippen LogP contribution in [0.3, 0.4) is 0 Å². The molecule has 0 radical (unpaired) electrons. The molecule has 1 saturated heterocycles. The highest BCUT2D eigenvalue weighted by Crippen LogP contribution is 2.39. The summed E-state index contributed by atoms with van der Waals surface area (Å²) in [5.41, 5.74) is 3.89. The van der Waals surface area contributed by atoms with E-state index >= 15 is 0 Å². The normalized spacial score (nSPS) is 15.6. The average Bonchev–Trinajstić information content (AvgIpc) is 3.15. The molecule has 7 nitrogen and oxygen atoms in total. The molecule has 1 unspecified atom stereocenters. The van der Waals surface area contributed by atoms with Crippen molar-refractivity contribution in [2.24, 2.45) is 4.99 Å². The first-order chi connectivity index (χ1) is 20.0. The van der Waals surface area contributed by atoms with E-state index in [1.54, 1.807) is 7.11 Å². The fourth-order valence-electron chi connectivity index (χ4n) is 4.97. The molecule has 0 aliphatic carbocycles. The number of hydrogen-bond donors (Lipinski definition) is 0. The van der Waals surface area contributed by atoms with Gasteiger partial charge in [-0.3, -0.25) is 4.90 Å². The number of benzene rings is 4. The Balaban J connectivity index is 1.14. The monoisotopic (exact) mass is 587 g/mol.